The Balaban J connectivity index is 1.24. The number of allylic oxidation sites excluding steroid dienone is 2. The molecule has 7 rings (SSSR count). The molecule has 6 heterocycles. The zero-order chi connectivity index (χ0) is 38.8. The van der Waals surface area contributed by atoms with Gasteiger partial charge >= 0.3 is 23.7 Å². The molecule has 0 N–H and O–H groups in total. The summed E-state index contributed by atoms with van der Waals surface area (Å²) in [5.74, 6) is -16.9. The van der Waals surface area contributed by atoms with Crippen molar-refractivity contribution in [3.8, 4) is 39.0 Å². The zero-order valence-electron chi connectivity index (χ0n) is 28.7. The second kappa shape index (κ2) is 16.8. The van der Waals surface area contributed by atoms with Crippen molar-refractivity contribution < 1.29 is 50.1 Å². The van der Waals surface area contributed by atoms with Gasteiger partial charge in [0.1, 0.15) is 11.5 Å². The van der Waals surface area contributed by atoms with Crippen LogP contribution in [-0.4, -0.2) is 70.0 Å². The molecule has 0 saturated carbocycles. The lowest BCUT2D eigenvalue weighted by molar-refractivity contribution is -0.254. The molecule has 6 aromatic rings. The van der Waals surface area contributed by atoms with E-state index in [1.807, 2.05) is 6.92 Å². The molecule has 0 bridgehead atoms. The summed E-state index contributed by atoms with van der Waals surface area (Å²) < 4.78 is 118. The topological polar surface area (TPSA) is 54.0 Å². The minimum absolute atomic E-state index is 0.0324. The molecule has 0 unspecified atom stereocenters. The highest BCUT2D eigenvalue weighted by Gasteiger charge is 2.80. The summed E-state index contributed by atoms with van der Waals surface area (Å²) in [5.41, 5.74) is -3.60. The minimum Gasteiger partial charge on any atom is -0.459 e. The molecule has 55 heavy (non-hydrogen) atoms. The Morgan fingerprint density at radius 3 is 1.53 bits per heavy atom. The third-order valence-electron chi connectivity index (χ3n) is 8.38. The monoisotopic (exact) mass is 872 g/mol. The Morgan fingerprint density at radius 1 is 0.564 bits per heavy atom. The fourth-order valence-corrected chi connectivity index (χ4v) is 11.7. The van der Waals surface area contributed by atoms with E-state index < -0.39 is 40.4 Å². The highest BCUT2D eigenvalue weighted by atomic mass is 32.1. The molecule has 5 nitrogen and oxygen atoms in total. The third-order valence-corrected chi connectivity index (χ3v) is 15.1. The molecule has 6 aromatic heterocycles. The summed E-state index contributed by atoms with van der Waals surface area (Å²) in [4.78, 5) is 16.3. The fourth-order valence-electron chi connectivity index (χ4n) is 5.86. The first kappa shape index (κ1) is 40.1. The normalized spacial score (nSPS) is 16.0. The number of hydrogen-bond acceptors (Lipinski definition) is 11. The van der Waals surface area contributed by atoms with Gasteiger partial charge in [-0.15, -0.1) is 68.0 Å². The maximum Gasteiger partial charge on any atom is 0.380 e. The number of halogens is 6. The molecule has 0 aliphatic heterocycles. The Kier molecular flexibility index (Phi) is 12.2. The van der Waals surface area contributed by atoms with E-state index in [0.29, 0.717) is 62.3 Å². The second-order valence-electron chi connectivity index (χ2n) is 11.8. The molecule has 0 atom stereocenters. The largest absolute Gasteiger partial charge is 0.459 e. The van der Waals surface area contributed by atoms with Crippen molar-refractivity contribution >= 4 is 85.1 Å². The smallest absolute Gasteiger partial charge is 0.380 e. The molecule has 0 amide bonds. The number of ether oxygens (including phenoxy) is 4. The summed E-state index contributed by atoms with van der Waals surface area (Å²) in [6.45, 7) is 4.17. The first-order chi connectivity index (χ1) is 26.5. The van der Waals surface area contributed by atoms with Gasteiger partial charge in [-0.2, -0.15) is 26.3 Å². The highest BCUT2D eigenvalue weighted by molar-refractivity contribution is 7.27. The van der Waals surface area contributed by atoms with Crippen molar-refractivity contribution in [1.29, 1.82) is 0 Å². The Labute approximate surface area is 336 Å². The molecular weight excluding hydrogens is 843 g/mol. The second-order valence-corrected chi connectivity index (χ2v) is 17.9. The molecule has 0 saturated heterocycles. The molecule has 290 valence electrons. The quantitative estimate of drug-likeness (QED) is 0.0519. The number of rotatable bonds is 17. The average molecular weight is 873 g/mol. The van der Waals surface area contributed by atoms with E-state index in [2.05, 4.69) is 0 Å². The first-order valence-corrected chi connectivity index (χ1v) is 21.8. The average Bonchev–Trinajstić information content (AvgIpc) is 4.01. The Bertz CT molecular complexity index is 2230. The van der Waals surface area contributed by atoms with Crippen molar-refractivity contribution in [2.45, 2.75) is 24.7 Å². The van der Waals surface area contributed by atoms with Crippen LogP contribution < -0.4 is 0 Å². The number of carbonyl (C=O) groups is 1. The van der Waals surface area contributed by atoms with Gasteiger partial charge < -0.3 is 18.9 Å². The van der Waals surface area contributed by atoms with Crippen molar-refractivity contribution in [3.05, 3.63) is 92.8 Å². The SMILES string of the molecule is CCOCCOCCOCCOC(=O)c1ccc(-c2cc(C3=C(c4cc(-c5cccs5)sc4-c4cccs4)C(F)(F)C(F)(F)C3(F)F)c(-c3cccs3)s2)s1. The Morgan fingerprint density at radius 2 is 1.04 bits per heavy atom. The van der Waals surface area contributed by atoms with Crippen LogP contribution in [0.3, 0.4) is 0 Å². The molecule has 1 aliphatic rings. The predicted octanol–water partition coefficient (Wildman–Crippen LogP) is 12.8. The number of alkyl halides is 6. The van der Waals surface area contributed by atoms with E-state index in [1.54, 1.807) is 58.6 Å². The van der Waals surface area contributed by atoms with Gasteiger partial charge in [-0.3, -0.25) is 0 Å². The van der Waals surface area contributed by atoms with Crippen LogP contribution in [0.25, 0.3) is 50.2 Å². The van der Waals surface area contributed by atoms with Crippen LogP contribution in [0.4, 0.5) is 26.3 Å². The van der Waals surface area contributed by atoms with Crippen molar-refractivity contribution in [2.24, 2.45) is 0 Å². The lowest BCUT2D eigenvalue weighted by Crippen LogP contribution is -2.48. The van der Waals surface area contributed by atoms with Gasteiger partial charge in [-0.05, 0) is 65.5 Å². The number of esters is 1. The van der Waals surface area contributed by atoms with E-state index in [4.69, 9.17) is 18.9 Å². The predicted molar refractivity (Wildman–Crippen MR) is 212 cm³/mol. The van der Waals surface area contributed by atoms with Crippen LogP contribution >= 0.6 is 68.0 Å². The van der Waals surface area contributed by atoms with Gasteiger partial charge in [-0.25, -0.2) is 4.79 Å². The van der Waals surface area contributed by atoms with E-state index in [-0.39, 0.29) is 33.4 Å². The van der Waals surface area contributed by atoms with Crippen LogP contribution in [0, 0.1) is 0 Å². The van der Waals surface area contributed by atoms with E-state index >= 15 is 26.3 Å². The summed E-state index contributed by atoms with van der Waals surface area (Å²) in [7, 11) is 0. The van der Waals surface area contributed by atoms with E-state index in [1.165, 1.54) is 52.2 Å². The number of hydrogen-bond donors (Lipinski definition) is 0. The van der Waals surface area contributed by atoms with E-state index in [9.17, 15) is 4.79 Å². The molecule has 0 fully saturated rings. The van der Waals surface area contributed by atoms with Gasteiger partial charge in [0.15, 0.2) is 0 Å². The van der Waals surface area contributed by atoms with Crippen molar-refractivity contribution in [2.75, 3.05) is 46.2 Å². The summed E-state index contributed by atoms with van der Waals surface area (Å²) in [6, 6.07) is 15.8. The van der Waals surface area contributed by atoms with Crippen LogP contribution in [0.2, 0.25) is 0 Å². The summed E-state index contributed by atoms with van der Waals surface area (Å²) in [5, 5.41) is 5.17. The number of thiophene rings is 6. The van der Waals surface area contributed by atoms with Gasteiger partial charge in [0.05, 0.1) is 42.8 Å². The van der Waals surface area contributed by atoms with Gasteiger partial charge in [0, 0.05) is 58.1 Å². The maximum absolute atomic E-state index is 16.3. The molecular formula is C38H30F6O5S6. The van der Waals surface area contributed by atoms with E-state index in [0.717, 1.165) is 34.0 Å². The van der Waals surface area contributed by atoms with Gasteiger partial charge in [0.2, 0.25) is 0 Å². The summed E-state index contributed by atoms with van der Waals surface area (Å²) in [6.07, 6.45) is 0. The van der Waals surface area contributed by atoms with Crippen LogP contribution in [-0.2, 0) is 18.9 Å². The maximum atomic E-state index is 16.3. The molecule has 0 radical (unpaired) electrons. The lowest BCUT2D eigenvalue weighted by Gasteiger charge is -2.25. The molecule has 0 aromatic carbocycles. The molecule has 17 heteroatoms. The van der Waals surface area contributed by atoms with Crippen molar-refractivity contribution in [1.82, 2.24) is 0 Å². The molecule has 0 spiro atoms. The van der Waals surface area contributed by atoms with Gasteiger partial charge in [0.25, 0.3) is 0 Å². The Hall–Kier alpha value is -3.13. The standard InChI is InChI=1S/C38H30F6O5S6/c1-2-46-11-12-47-13-14-48-15-16-49-35(45)28-10-9-25(53-28)30-21-23(34(55-30)27-8-5-19-52-27)32-31(36(39,40)38(43,44)37(32,41)42)22-20-29(24-6-3-17-50-24)54-33(22)26-7-4-18-51-26/h3-10,17-21H,2,11-16H2,1H3. The summed E-state index contributed by atoms with van der Waals surface area (Å²) >= 11 is 6.78. The number of carbonyl (C=O) groups excluding carboxylic acids is 1. The van der Waals surface area contributed by atoms with Crippen LogP contribution in [0.15, 0.2) is 76.8 Å². The van der Waals surface area contributed by atoms with Crippen LogP contribution in [0.1, 0.15) is 27.7 Å². The fraction of sp³-hybridized carbons (Fsp3) is 0.289. The molecule has 1 aliphatic carbocycles. The highest BCUT2D eigenvalue weighted by Crippen LogP contribution is 2.67. The first-order valence-electron chi connectivity index (χ1n) is 16.7. The van der Waals surface area contributed by atoms with Crippen LogP contribution in [0.5, 0.6) is 0 Å². The van der Waals surface area contributed by atoms with Crippen molar-refractivity contribution in [3.63, 3.8) is 0 Å². The van der Waals surface area contributed by atoms with Gasteiger partial charge in [-0.1, -0.05) is 18.2 Å². The lowest BCUT2D eigenvalue weighted by atomic mass is 9.94. The third kappa shape index (κ3) is 7.79. The zero-order valence-corrected chi connectivity index (χ0v) is 33.6. The minimum atomic E-state index is -5.74.